The summed E-state index contributed by atoms with van der Waals surface area (Å²) in [6.07, 6.45) is 1.75. The van der Waals surface area contributed by atoms with Gasteiger partial charge < -0.3 is 0 Å². The first-order valence-electron chi connectivity index (χ1n) is 3.53. The van der Waals surface area contributed by atoms with Crippen LogP contribution in [-0.2, 0) is 10.0 Å². The van der Waals surface area contributed by atoms with Gasteiger partial charge in [-0.3, -0.25) is 0 Å². The van der Waals surface area contributed by atoms with Crippen molar-refractivity contribution in [3.8, 4) is 0 Å². The molecule has 1 saturated heterocycles. The van der Waals surface area contributed by atoms with Crippen molar-refractivity contribution in [2.24, 2.45) is 0 Å². The van der Waals surface area contributed by atoms with Crippen LogP contribution in [0.1, 0.15) is 26.7 Å². The zero-order chi connectivity index (χ0) is 7.78. The summed E-state index contributed by atoms with van der Waals surface area (Å²) >= 11 is 0. The fraction of sp³-hybridized carbons (Fsp3) is 1.00. The van der Waals surface area contributed by atoms with E-state index in [0.717, 1.165) is 12.8 Å². The van der Waals surface area contributed by atoms with Gasteiger partial charge in [-0.2, -0.15) is 0 Å². The molecule has 0 radical (unpaired) electrons. The second-order valence-electron chi connectivity index (χ2n) is 2.95. The van der Waals surface area contributed by atoms with Crippen molar-refractivity contribution in [2.75, 3.05) is 0 Å². The van der Waals surface area contributed by atoms with Gasteiger partial charge in [-0.25, -0.2) is 13.1 Å². The Kier molecular flexibility index (Phi) is 2.01. The maximum absolute atomic E-state index is 11.1. The second kappa shape index (κ2) is 2.51. The molecule has 0 amide bonds. The van der Waals surface area contributed by atoms with Gasteiger partial charge >= 0.3 is 0 Å². The largest absolute Gasteiger partial charge is 0.214 e. The van der Waals surface area contributed by atoms with Crippen LogP contribution in [0, 0.1) is 0 Å². The maximum Gasteiger partial charge on any atom is 0.214 e. The molecule has 0 aliphatic carbocycles. The maximum atomic E-state index is 11.1. The van der Waals surface area contributed by atoms with Crippen molar-refractivity contribution in [3.63, 3.8) is 0 Å². The Bertz CT molecular complexity index is 210. The van der Waals surface area contributed by atoms with Crippen LogP contribution >= 0.6 is 0 Å². The zero-order valence-electron chi connectivity index (χ0n) is 6.29. The van der Waals surface area contributed by atoms with Crippen molar-refractivity contribution in [1.29, 1.82) is 0 Å². The molecule has 0 aromatic carbocycles. The molecule has 0 spiro atoms. The van der Waals surface area contributed by atoms with Crippen molar-refractivity contribution in [3.05, 3.63) is 0 Å². The molecule has 1 rings (SSSR count). The molecule has 4 heteroatoms. The number of hydrogen-bond acceptors (Lipinski definition) is 2. The summed E-state index contributed by atoms with van der Waals surface area (Å²) in [6.45, 7) is 3.64. The highest BCUT2D eigenvalue weighted by Gasteiger charge is 2.27. The molecule has 2 atom stereocenters. The molecule has 1 N–H and O–H groups in total. The van der Waals surface area contributed by atoms with Crippen LogP contribution < -0.4 is 4.72 Å². The highest BCUT2D eigenvalue weighted by Crippen LogP contribution is 2.15. The van der Waals surface area contributed by atoms with E-state index in [1.165, 1.54) is 0 Å². The van der Waals surface area contributed by atoms with Gasteiger partial charge in [0.2, 0.25) is 10.0 Å². The first-order valence-corrected chi connectivity index (χ1v) is 5.08. The average molecular weight is 163 g/mol. The normalized spacial score (nSPS) is 39.4. The Labute approximate surface area is 61.9 Å². The van der Waals surface area contributed by atoms with Gasteiger partial charge in [-0.1, -0.05) is 0 Å². The van der Waals surface area contributed by atoms with Crippen molar-refractivity contribution in [2.45, 2.75) is 38.0 Å². The van der Waals surface area contributed by atoms with Crippen LogP contribution in [0.4, 0.5) is 0 Å². The van der Waals surface area contributed by atoms with E-state index in [0.29, 0.717) is 0 Å². The summed E-state index contributed by atoms with van der Waals surface area (Å²) in [4.78, 5) is 0. The van der Waals surface area contributed by atoms with E-state index in [4.69, 9.17) is 0 Å². The summed E-state index contributed by atoms with van der Waals surface area (Å²) in [5, 5.41) is -0.205. The van der Waals surface area contributed by atoms with E-state index < -0.39 is 10.0 Å². The molecule has 0 saturated carbocycles. The molecule has 10 heavy (non-hydrogen) atoms. The Morgan fingerprint density at radius 3 is 2.30 bits per heavy atom. The molecule has 1 aliphatic rings. The number of nitrogens with one attached hydrogen (secondary N) is 1. The molecule has 2 unspecified atom stereocenters. The van der Waals surface area contributed by atoms with Crippen LogP contribution in [0.2, 0.25) is 0 Å². The van der Waals surface area contributed by atoms with E-state index in [1.54, 1.807) is 6.92 Å². The first kappa shape index (κ1) is 8.01. The smallest absolute Gasteiger partial charge is 0.212 e. The lowest BCUT2D eigenvalue weighted by molar-refractivity contribution is 0.486. The molecule has 1 fully saturated rings. The minimum Gasteiger partial charge on any atom is -0.212 e. The highest BCUT2D eigenvalue weighted by atomic mass is 32.2. The number of rotatable bonds is 0. The van der Waals surface area contributed by atoms with E-state index >= 15 is 0 Å². The zero-order valence-corrected chi connectivity index (χ0v) is 7.11. The molecule has 60 valence electrons. The average Bonchev–Trinajstić information content (AvgIpc) is 1.78. The molecule has 0 aromatic rings. The quantitative estimate of drug-likeness (QED) is 0.564. The topological polar surface area (TPSA) is 46.2 Å². The van der Waals surface area contributed by atoms with Gasteiger partial charge in [0, 0.05) is 6.04 Å². The summed E-state index contributed by atoms with van der Waals surface area (Å²) in [5.74, 6) is 0. The predicted octanol–water partition coefficient (Wildman–Crippen LogP) is 0.477. The minimum absolute atomic E-state index is 0.126. The van der Waals surface area contributed by atoms with Crippen LogP contribution in [0.25, 0.3) is 0 Å². The Balaban J connectivity index is 2.74. The molecule has 1 aliphatic heterocycles. The molecule has 0 aromatic heterocycles. The monoisotopic (exact) mass is 163 g/mol. The van der Waals surface area contributed by atoms with Gasteiger partial charge in [0.05, 0.1) is 5.25 Å². The van der Waals surface area contributed by atoms with Crippen LogP contribution in [0.3, 0.4) is 0 Å². The molecule has 3 nitrogen and oxygen atoms in total. The van der Waals surface area contributed by atoms with Crippen LogP contribution in [-0.4, -0.2) is 19.7 Å². The van der Waals surface area contributed by atoms with Gasteiger partial charge in [-0.15, -0.1) is 0 Å². The number of hydrogen-bond donors (Lipinski definition) is 1. The fourth-order valence-corrected chi connectivity index (χ4v) is 2.45. The minimum atomic E-state index is -2.96. The summed E-state index contributed by atoms with van der Waals surface area (Å²) in [6, 6.07) is 0.126. The third kappa shape index (κ3) is 1.49. The van der Waals surface area contributed by atoms with Crippen molar-refractivity contribution >= 4 is 10.0 Å². The second-order valence-corrected chi connectivity index (χ2v) is 5.08. The van der Waals surface area contributed by atoms with Gasteiger partial charge in [0.1, 0.15) is 0 Å². The number of sulfonamides is 1. The van der Waals surface area contributed by atoms with Crippen molar-refractivity contribution in [1.82, 2.24) is 4.72 Å². The highest BCUT2D eigenvalue weighted by molar-refractivity contribution is 7.90. The predicted molar refractivity (Wildman–Crippen MR) is 40.2 cm³/mol. The van der Waals surface area contributed by atoms with Crippen LogP contribution in [0.15, 0.2) is 0 Å². The lowest BCUT2D eigenvalue weighted by atomic mass is 10.1. The lowest BCUT2D eigenvalue weighted by Crippen LogP contribution is -2.43. The SMILES string of the molecule is CC1CCC(C)S(=O)(=O)N1. The van der Waals surface area contributed by atoms with Crippen molar-refractivity contribution < 1.29 is 8.42 Å². The third-order valence-corrected chi connectivity index (χ3v) is 3.93. The summed E-state index contributed by atoms with van der Waals surface area (Å²) < 4.78 is 24.7. The van der Waals surface area contributed by atoms with E-state index in [9.17, 15) is 8.42 Å². The van der Waals surface area contributed by atoms with Gasteiger partial charge in [-0.05, 0) is 26.7 Å². The fourth-order valence-electron chi connectivity index (χ4n) is 1.10. The summed E-state index contributed by atoms with van der Waals surface area (Å²) in [7, 11) is -2.96. The lowest BCUT2D eigenvalue weighted by Gasteiger charge is -2.24. The van der Waals surface area contributed by atoms with E-state index in [2.05, 4.69) is 4.72 Å². The molecule has 0 bridgehead atoms. The molecular weight excluding hydrogens is 150 g/mol. The Morgan fingerprint density at radius 1 is 1.30 bits per heavy atom. The van der Waals surface area contributed by atoms with Gasteiger partial charge in [0.25, 0.3) is 0 Å². The van der Waals surface area contributed by atoms with Crippen LogP contribution in [0.5, 0.6) is 0 Å². The standard InChI is InChI=1S/C6H13NO2S/c1-5-3-4-6(2)10(8,9)7-5/h5-7H,3-4H2,1-2H3. The van der Waals surface area contributed by atoms with Gasteiger partial charge in [0.15, 0.2) is 0 Å². The molecular formula is C6H13NO2S. The Morgan fingerprint density at radius 2 is 1.90 bits per heavy atom. The van der Waals surface area contributed by atoms with E-state index in [1.807, 2.05) is 6.92 Å². The first-order chi connectivity index (χ1) is 4.52. The summed E-state index contributed by atoms with van der Waals surface area (Å²) in [5.41, 5.74) is 0. The molecule has 1 heterocycles. The Hall–Kier alpha value is -0.0900. The van der Waals surface area contributed by atoms with E-state index in [-0.39, 0.29) is 11.3 Å². The third-order valence-electron chi connectivity index (χ3n) is 1.90.